The summed E-state index contributed by atoms with van der Waals surface area (Å²) < 4.78 is 0. The minimum absolute atomic E-state index is 0. The minimum atomic E-state index is 0. The summed E-state index contributed by atoms with van der Waals surface area (Å²) in [5.74, 6) is 1.59. The third kappa shape index (κ3) is 7.71. The quantitative estimate of drug-likeness (QED) is 0.262. The molecule has 25 heavy (non-hydrogen) atoms. The van der Waals surface area contributed by atoms with E-state index in [0.717, 1.165) is 57.8 Å². The number of unbranched alkanes of at least 4 members (excludes halogenated alkanes) is 2. The van der Waals surface area contributed by atoms with Crippen molar-refractivity contribution in [3.05, 3.63) is 0 Å². The summed E-state index contributed by atoms with van der Waals surface area (Å²) >= 11 is 0. The Bertz CT molecular complexity index is 410. The highest BCUT2D eigenvalue weighted by atomic mass is 127. The molecule has 1 aliphatic heterocycles. The van der Waals surface area contributed by atoms with Gasteiger partial charge in [-0.15, -0.1) is 24.0 Å². The van der Waals surface area contributed by atoms with E-state index in [9.17, 15) is 4.79 Å². The lowest BCUT2D eigenvalue weighted by molar-refractivity contribution is -0.135. The first-order valence-electron chi connectivity index (χ1n) is 10.1. The first kappa shape index (κ1) is 22.5. The highest BCUT2D eigenvalue weighted by Gasteiger charge is 2.31. The van der Waals surface area contributed by atoms with Crippen LogP contribution in [0.15, 0.2) is 4.99 Å². The number of amides is 1. The van der Waals surface area contributed by atoms with Gasteiger partial charge >= 0.3 is 0 Å². The minimum Gasteiger partial charge on any atom is -0.357 e. The topological polar surface area (TPSA) is 56.7 Å². The molecule has 1 saturated carbocycles. The molecule has 2 aliphatic rings. The molecule has 6 heteroatoms. The average molecular weight is 464 g/mol. The Morgan fingerprint density at radius 1 is 1.12 bits per heavy atom. The molecule has 0 radical (unpaired) electrons. The van der Waals surface area contributed by atoms with E-state index in [1.165, 1.54) is 32.1 Å². The molecule has 0 bridgehead atoms. The van der Waals surface area contributed by atoms with Gasteiger partial charge in [0.2, 0.25) is 5.91 Å². The number of hydrogen-bond acceptors (Lipinski definition) is 2. The number of halogens is 1. The molecular weight excluding hydrogens is 427 g/mol. The predicted molar refractivity (Wildman–Crippen MR) is 116 cm³/mol. The largest absolute Gasteiger partial charge is 0.357 e. The Balaban J connectivity index is 0.00000312. The van der Waals surface area contributed by atoms with Crippen molar-refractivity contribution in [1.29, 1.82) is 0 Å². The van der Waals surface area contributed by atoms with Crippen LogP contribution in [-0.4, -0.2) is 49.0 Å². The van der Waals surface area contributed by atoms with Crippen molar-refractivity contribution in [3.8, 4) is 0 Å². The number of carbonyl (C=O) groups excluding carboxylic acids is 1. The molecule has 2 fully saturated rings. The lowest BCUT2D eigenvalue weighted by atomic mass is 9.88. The predicted octanol–water partition coefficient (Wildman–Crippen LogP) is 3.53. The second-order valence-electron chi connectivity index (χ2n) is 7.22. The van der Waals surface area contributed by atoms with Crippen molar-refractivity contribution in [3.63, 3.8) is 0 Å². The van der Waals surface area contributed by atoms with Crippen molar-refractivity contribution < 1.29 is 4.79 Å². The lowest BCUT2D eigenvalue weighted by Crippen LogP contribution is -2.45. The molecule has 0 aromatic carbocycles. The highest BCUT2D eigenvalue weighted by molar-refractivity contribution is 14.0. The molecule has 1 amide bonds. The molecule has 0 aromatic heterocycles. The van der Waals surface area contributed by atoms with E-state index in [0.29, 0.717) is 11.9 Å². The normalized spacial score (nSPS) is 21.8. The average Bonchev–Trinajstić information content (AvgIpc) is 3.07. The summed E-state index contributed by atoms with van der Waals surface area (Å²) in [6, 6.07) is 0.335. The van der Waals surface area contributed by atoms with Gasteiger partial charge in [0.15, 0.2) is 5.96 Å². The maximum Gasteiger partial charge on any atom is 0.225 e. The molecule has 1 unspecified atom stereocenters. The van der Waals surface area contributed by atoms with Gasteiger partial charge in [0.25, 0.3) is 0 Å². The molecule has 2 N–H and O–H groups in total. The molecule has 1 heterocycles. The van der Waals surface area contributed by atoms with Crippen LogP contribution in [0.3, 0.4) is 0 Å². The fourth-order valence-corrected chi connectivity index (χ4v) is 3.75. The van der Waals surface area contributed by atoms with Crippen LogP contribution < -0.4 is 10.6 Å². The summed E-state index contributed by atoms with van der Waals surface area (Å²) in [6.07, 6.45) is 10.6. The fourth-order valence-electron chi connectivity index (χ4n) is 3.75. The summed E-state index contributed by atoms with van der Waals surface area (Å²) in [6.45, 7) is 7.77. The monoisotopic (exact) mass is 464 g/mol. The maximum atomic E-state index is 12.7. The zero-order valence-corrected chi connectivity index (χ0v) is 18.4. The van der Waals surface area contributed by atoms with Gasteiger partial charge in [0, 0.05) is 38.1 Å². The fraction of sp³-hybridized carbons (Fsp3) is 0.895. The smallest absolute Gasteiger partial charge is 0.225 e. The van der Waals surface area contributed by atoms with E-state index in [1.54, 1.807) is 0 Å². The molecule has 5 nitrogen and oxygen atoms in total. The van der Waals surface area contributed by atoms with Crippen molar-refractivity contribution in [2.24, 2.45) is 10.9 Å². The summed E-state index contributed by atoms with van der Waals surface area (Å²) in [4.78, 5) is 19.4. The van der Waals surface area contributed by atoms with Gasteiger partial charge in [0.05, 0.1) is 0 Å². The van der Waals surface area contributed by atoms with Crippen LogP contribution in [0.4, 0.5) is 0 Å². The van der Waals surface area contributed by atoms with Crippen molar-refractivity contribution in [2.75, 3.05) is 26.2 Å². The zero-order chi connectivity index (χ0) is 17.2. The van der Waals surface area contributed by atoms with Crippen LogP contribution in [0, 0.1) is 5.92 Å². The number of likely N-dealkylation sites (tertiary alicyclic amines) is 1. The second-order valence-corrected chi connectivity index (χ2v) is 7.22. The Kier molecular flexibility index (Phi) is 11.5. The Hall–Kier alpha value is -0.530. The van der Waals surface area contributed by atoms with Crippen molar-refractivity contribution in [2.45, 2.75) is 77.7 Å². The first-order chi connectivity index (χ1) is 11.7. The lowest BCUT2D eigenvalue weighted by Gasteiger charge is -2.26. The number of aliphatic imine (C=N–C) groups is 1. The van der Waals surface area contributed by atoms with E-state index in [1.807, 2.05) is 0 Å². The van der Waals surface area contributed by atoms with Crippen LogP contribution in [0.1, 0.15) is 71.6 Å². The Labute approximate surface area is 170 Å². The zero-order valence-electron chi connectivity index (χ0n) is 16.1. The van der Waals surface area contributed by atoms with Gasteiger partial charge in [-0.3, -0.25) is 9.79 Å². The Morgan fingerprint density at radius 3 is 2.56 bits per heavy atom. The maximum absolute atomic E-state index is 12.7. The first-order valence-corrected chi connectivity index (χ1v) is 10.1. The van der Waals surface area contributed by atoms with Gasteiger partial charge < -0.3 is 15.5 Å². The van der Waals surface area contributed by atoms with Gasteiger partial charge in [-0.25, -0.2) is 0 Å². The molecule has 1 saturated heterocycles. The van der Waals surface area contributed by atoms with Crippen LogP contribution in [0.5, 0.6) is 0 Å². The summed E-state index contributed by atoms with van der Waals surface area (Å²) in [5.41, 5.74) is 0. The molecule has 146 valence electrons. The molecule has 2 rings (SSSR count). The van der Waals surface area contributed by atoms with E-state index in [-0.39, 0.29) is 29.9 Å². The Morgan fingerprint density at radius 2 is 1.88 bits per heavy atom. The van der Waals surface area contributed by atoms with E-state index < -0.39 is 0 Å². The van der Waals surface area contributed by atoms with Gasteiger partial charge in [-0.2, -0.15) is 0 Å². The van der Waals surface area contributed by atoms with Crippen molar-refractivity contribution >= 4 is 35.8 Å². The number of carbonyl (C=O) groups is 1. The van der Waals surface area contributed by atoms with E-state index in [4.69, 9.17) is 0 Å². The third-order valence-electron chi connectivity index (χ3n) is 5.17. The van der Waals surface area contributed by atoms with E-state index in [2.05, 4.69) is 34.4 Å². The van der Waals surface area contributed by atoms with Crippen LogP contribution in [-0.2, 0) is 4.79 Å². The summed E-state index contributed by atoms with van der Waals surface area (Å²) in [7, 11) is 0. The molecule has 1 aliphatic carbocycles. The third-order valence-corrected chi connectivity index (χ3v) is 5.17. The number of rotatable bonds is 7. The highest BCUT2D eigenvalue weighted by Crippen LogP contribution is 2.26. The van der Waals surface area contributed by atoms with Crippen LogP contribution in [0.2, 0.25) is 0 Å². The van der Waals surface area contributed by atoms with Crippen LogP contribution >= 0.6 is 24.0 Å². The molecule has 1 atom stereocenters. The van der Waals surface area contributed by atoms with Crippen molar-refractivity contribution in [1.82, 2.24) is 15.5 Å². The van der Waals surface area contributed by atoms with Crippen LogP contribution in [0.25, 0.3) is 0 Å². The number of nitrogens with one attached hydrogen (secondary N) is 2. The summed E-state index contributed by atoms with van der Waals surface area (Å²) in [5, 5.41) is 6.86. The molecule has 0 aromatic rings. The van der Waals surface area contributed by atoms with E-state index >= 15 is 0 Å². The second kappa shape index (κ2) is 12.8. The standard InChI is InChI=1S/C19H36N4O.HI/c1-3-5-9-13-21-19(20-4-2)22-17-12-14-23(15-17)18(24)16-10-7-6-8-11-16;/h16-17H,3-15H2,1-2H3,(H2,20,21,22);1H. The van der Waals surface area contributed by atoms with Gasteiger partial charge in [-0.1, -0.05) is 39.0 Å². The number of nitrogens with zero attached hydrogens (tertiary/aromatic N) is 2. The molecule has 0 spiro atoms. The van der Waals surface area contributed by atoms with Gasteiger partial charge in [-0.05, 0) is 32.6 Å². The van der Waals surface area contributed by atoms with Gasteiger partial charge in [0.1, 0.15) is 0 Å². The molecular formula is C19H37IN4O. The number of hydrogen-bond donors (Lipinski definition) is 2. The SMILES string of the molecule is CCCCCN=C(NCC)NC1CCN(C(=O)C2CCCCC2)C1.I. The number of guanidine groups is 1.